The molecule has 0 radical (unpaired) electrons. The Morgan fingerprint density at radius 1 is 0.909 bits per heavy atom. The van der Waals surface area contributed by atoms with E-state index in [2.05, 4.69) is 4.99 Å². The number of aliphatic imine (C=N–C) groups is 1. The maximum atomic E-state index is 14.7. The second kappa shape index (κ2) is 11.0. The molecule has 0 atom stereocenters. The molecule has 33 heavy (non-hydrogen) atoms. The Morgan fingerprint density at radius 3 is 2.12 bits per heavy atom. The molecule has 0 saturated heterocycles. The highest BCUT2D eigenvalue weighted by atomic mass is 19.4. The Hall–Kier alpha value is -2.57. The standard InChI is InChI=1S/C26H27F6N/c1-33-13-11-18-4-2-17(3-5-18)6-7-19-8-9-21(23(27)14-19)20-15-24(28)22(25(29)16-20)10-12-26(30,31)32/h8-10,12-18H,2-7,11H2,1H3/b12-10+,33-13?. The average Bonchev–Trinajstić information content (AvgIpc) is 2.75. The molecule has 1 aliphatic carbocycles. The molecule has 2 aromatic carbocycles. The van der Waals surface area contributed by atoms with Gasteiger partial charge in [0.15, 0.2) is 0 Å². The van der Waals surface area contributed by atoms with Gasteiger partial charge in [0.2, 0.25) is 0 Å². The van der Waals surface area contributed by atoms with Crippen molar-refractivity contribution in [3.8, 4) is 11.1 Å². The van der Waals surface area contributed by atoms with E-state index in [0.717, 1.165) is 43.4 Å². The van der Waals surface area contributed by atoms with Crippen molar-refractivity contribution in [3.05, 3.63) is 65.0 Å². The van der Waals surface area contributed by atoms with Gasteiger partial charge in [-0.25, -0.2) is 13.2 Å². The van der Waals surface area contributed by atoms with Crippen LogP contribution in [-0.4, -0.2) is 19.4 Å². The van der Waals surface area contributed by atoms with E-state index in [1.165, 1.54) is 25.0 Å². The third-order valence-electron chi connectivity index (χ3n) is 6.29. The SMILES string of the molecule is CN=CCC1CCC(CCc2ccc(-c3cc(F)c(/C=C/C(F)(F)F)c(F)c3)c(F)c2)CC1. The summed E-state index contributed by atoms with van der Waals surface area (Å²) in [5.41, 5.74) is -0.0693. The minimum atomic E-state index is -4.69. The van der Waals surface area contributed by atoms with Crippen molar-refractivity contribution in [3.63, 3.8) is 0 Å². The molecule has 1 aliphatic rings. The van der Waals surface area contributed by atoms with Gasteiger partial charge in [0.05, 0.1) is 0 Å². The summed E-state index contributed by atoms with van der Waals surface area (Å²) in [6.07, 6.45) is 4.72. The Morgan fingerprint density at radius 2 is 1.55 bits per heavy atom. The van der Waals surface area contributed by atoms with Gasteiger partial charge < -0.3 is 4.99 Å². The van der Waals surface area contributed by atoms with Crippen LogP contribution in [0.25, 0.3) is 17.2 Å². The molecule has 1 saturated carbocycles. The average molecular weight is 467 g/mol. The quantitative estimate of drug-likeness (QED) is 0.288. The molecular weight excluding hydrogens is 440 g/mol. The number of aryl methyl sites for hydroxylation is 1. The van der Waals surface area contributed by atoms with Crippen LogP contribution >= 0.6 is 0 Å². The minimum absolute atomic E-state index is 0.000924. The van der Waals surface area contributed by atoms with E-state index < -0.39 is 29.2 Å². The normalized spacial score (nSPS) is 19.6. The zero-order chi connectivity index (χ0) is 24.0. The second-order valence-corrected chi connectivity index (χ2v) is 8.64. The summed E-state index contributed by atoms with van der Waals surface area (Å²) in [7, 11) is 1.79. The molecule has 3 rings (SSSR count). The molecule has 0 spiro atoms. The third kappa shape index (κ3) is 7.21. The maximum Gasteiger partial charge on any atom is 0.409 e. The molecule has 1 fully saturated rings. The summed E-state index contributed by atoms with van der Waals surface area (Å²) in [5.74, 6) is -1.70. The van der Waals surface area contributed by atoms with E-state index in [-0.39, 0.29) is 17.2 Å². The van der Waals surface area contributed by atoms with Crippen LogP contribution in [0.2, 0.25) is 0 Å². The van der Waals surface area contributed by atoms with E-state index in [1.54, 1.807) is 13.1 Å². The lowest BCUT2D eigenvalue weighted by atomic mass is 9.78. The monoisotopic (exact) mass is 467 g/mol. The van der Waals surface area contributed by atoms with Crippen molar-refractivity contribution in [1.82, 2.24) is 0 Å². The lowest BCUT2D eigenvalue weighted by Gasteiger charge is -2.27. The number of halogens is 6. The van der Waals surface area contributed by atoms with E-state index in [9.17, 15) is 26.3 Å². The van der Waals surface area contributed by atoms with E-state index >= 15 is 0 Å². The van der Waals surface area contributed by atoms with Crippen molar-refractivity contribution in [2.45, 2.75) is 51.1 Å². The summed E-state index contributed by atoms with van der Waals surface area (Å²) in [6, 6.07) is 6.25. The van der Waals surface area contributed by atoms with Gasteiger partial charge in [0.25, 0.3) is 0 Å². The zero-order valence-corrected chi connectivity index (χ0v) is 18.4. The number of hydrogen-bond acceptors (Lipinski definition) is 1. The molecule has 0 aromatic heterocycles. The summed E-state index contributed by atoms with van der Waals surface area (Å²) in [6.45, 7) is 0. The van der Waals surface area contributed by atoms with Crippen LogP contribution in [0.3, 0.4) is 0 Å². The topological polar surface area (TPSA) is 12.4 Å². The molecule has 0 bridgehead atoms. The Labute approximate surface area is 190 Å². The molecule has 7 heteroatoms. The molecule has 0 N–H and O–H groups in total. The Bertz CT molecular complexity index is 977. The van der Waals surface area contributed by atoms with Crippen LogP contribution in [0.4, 0.5) is 26.3 Å². The van der Waals surface area contributed by atoms with Crippen molar-refractivity contribution in [1.29, 1.82) is 0 Å². The number of rotatable bonds is 7. The first-order chi connectivity index (χ1) is 15.7. The first-order valence-corrected chi connectivity index (χ1v) is 11.1. The fourth-order valence-corrected chi connectivity index (χ4v) is 4.41. The Balaban J connectivity index is 1.64. The molecule has 2 aromatic rings. The van der Waals surface area contributed by atoms with Crippen molar-refractivity contribution in [2.75, 3.05) is 7.05 Å². The van der Waals surface area contributed by atoms with Crippen LogP contribution in [0, 0.1) is 29.3 Å². The fraction of sp³-hybridized carbons (Fsp3) is 0.423. The summed E-state index contributed by atoms with van der Waals surface area (Å²) < 4.78 is 80.0. The molecule has 0 amide bonds. The van der Waals surface area contributed by atoms with Crippen molar-refractivity contribution >= 4 is 12.3 Å². The number of alkyl halides is 3. The molecule has 0 aliphatic heterocycles. The molecule has 0 unspecified atom stereocenters. The third-order valence-corrected chi connectivity index (χ3v) is 6.29. The van der Waals surface area contributed by atoms with Crippen molar-refractivity contribution < 1.29 is 26.3 Å². The minimum Gasteiger partial charge on any atom is -0.301 e. The summed E-state index contributed by atoms with van der Waals surface area (Å²) >= 11 is 0. The van der Waals surface area contributed by atoms with Gasteiger partial charge in [-0.15, -0.1) is 0 Å². The number of allylic oxidation sites excluding steroid dienone is 1. The predicted molar refractivity (Wildman–Crippen MR) is 120 cm³/mol. The largest absolute Gasteiger partial charge is 0.409 e. The van der Waals surface area contributed by atoms with Gasteiger partial charge in [-0.05, 0) is 85.6 Å². The first kappa shape index (κ1) is 25.1. The van der Waals surface area contributed by atoms with E-state index in [4.69, 9.17) is 0 Å². The van der Waals surface area contributed by atoms with Crippen LogP contribution < -0.4 is 0 Å². The predicted octanol–water partition coefficient (Wildman–Crippen LogP) is 8.18. The number of benzene rings is 2. The van der Waals surface area contributed by atoms with Crippen LogP contribution in [0.15, 0.2) is 41.4 Å². The van der Waals surface area contributed by atoms with Crippen LogP contribution in [0.5, 0.6) is 0 Å². The first-order valence-electron chi connectivity index (χ1n) is 11.1. The van der Waals surface area contributed by atoms with Gasteiger partial charge >= 0.3 is 6.18 Å². The van der Waals surface area contributed by atoms with Gasteiger partial charge in [0.1, 0.15) is 17.5 Å². The maximum absolute atomic E-state index is 14.7. The van der Waals surface area contributed by atoms with Gasteiger partial charge in [-0.2, -0.15) is 13.2 Å². The van der Waals surface area contributed by atoms with E-state index in [1.807, 2.05) is 6.21 Å². The fourth-order valence-electron chi connectivity index (χ4n) is 4.41. The molecule has 0 heterocycles. The molecular formula is C26H27F6N. The number of hydrogen-bond donors (Lipinski definition) is 0. The van der Waals surface area contributed by atoms with Gasteiger partial charge in [-0.3, -0.25) is 0 Å². The number of nitrogens with zero attached hydrogens (tertiary/aromatic N) is 1. The van der Waals surface area contributed by atoms with E-state index in [0.29, 0.717) is 24.3 Å². The lowest BCUT2D eigenvalue weighted by Crippen LogP contribution is -2.15. The van der Waals surface area contributed by atoms with Gasteiger partial charge in [0, 0.05) is 24.3 Å². The van der Waals surface area contributed by atoms with Crippen LogP contribution in [-0.2, 0) is 6.42 Å². The molecule has 178 valence electrons. The molecule has 1 nitrogen and oxygen atoms in total. The van der Waals surface area contributed by atoms with Crippen molar-refractivity contribution in [2.24, 2.45) is 16.8 Å². The second-order valence-electron chi connectivity index (χ2n) is 8.64. The van der Waals surface area contributed by atoms with Gasteiger partial charge in [-0.1, -0.05) is 25.0 Å². The van der Waals surface area contributed by atoms with Crippen LogP contribution in [0.1, 0.15) is 49.7 Å². The summed E-state index contributed by atoms with van der Waals surface area (Å²) in [4.78, 5) is 4.05. The lowest BCUT2D eigenvalue weighted by molar-refractivity contribution is -0.0790. The smallest absolute Gasteiger partial charge is 0.301 e. The summed E-state index contributed by atoms with van der Waals surface area (Å²) in [5, 5.41) is 0. The highest BCUT2D eigenvalue weighted by molar-refractivity contribution is 5.67. The highest BCUT2D eigenvalue weighted by Gasteiger charge is 2.23. The zero-order valence-electron chi connectivity index (χ0n) is 18.4. The highest BCUT2D eigenvalue weighted by Crippen LogP contribution is 2.34. The Kier molecular flexibility index (Phi) is 8.38.